The number of phenols is 1. The highest BCUT2D eigenvalue weighted by atomic mass is 19.4. The molecule has 0 fully saturated rings. The van der Waals surface area contributed by atoms with Crippen molar-refractivity contribution >= 4 is 16.8 Å². The summed E-state index contributed by atoms with van der Waals surface area (Å²) in [6.45, 7) is 1.56. The molecule has 4 rings (SSSR count). The Balaban J connectivity index is 1.53. The van der Waals surface area contributed by atoms with E-state index in [1.165, 1.54) is 12.1 Å². The molecule has 2 heterocycles. The van der Waals surface area contributed by atoms with Gasteiger partial charge in [-0.3, -0.25) is 9.89 Å². The summed E-state index contributed by atoms with van der Waals surface area (Å²) in [5.41, 5.74) is 2.50. The number of carbonyl (C=O) groups excluding carboxylic acids is 1. The summed E-state index contributed by atoms with van der Waals surface area (Å²) in [5, 5.41) is 17.3. The molecule has 1 aliphatic rings. The van der Waals surface area contributed by atoms with Crippen LogP contribution in [-0.2, 0) is 24.2 Å². The van der Waals surface area contributed by atoms with E-state index < -0.39 is 18.5 Å². The molecule has 10 heteroatoms. The van der Waals surface area contributed by atoms with Crippen LogP contribution in [0.25, 0.3) is 10.9 Å². The predicted molar refractivity (Wildman–Crippen MR) is 110 cm³/mol. The van der Waals surface area contributed by atoms with E-state index >= 15 is 0 Å². The molecule has 0 aliphatic carbocycles. The molecule has 2 N–H and O–H groups in total. The summed E-state index contributed by atoms with van der Waals surface area (Å²) in [4.78, 5) is 14.7. The zero-order chi connectivity index (χ0) is 22.9. The molecule has 170 valence electrons. The number of nitrogens with one attached hydrogen (secondary N) is 1. The second kappa shape index (κ2) is 8.70. The Kier molecular flexibility index (Phi) is 5.96. The van der Waals surface area contributed by atoms with Gasteiger partial charge in [-0.2, -0.15) is 18.3 Å². The first-order valence-corrected chi connectivity index (χ1v) is 10.0. The van der Waals surface area contributed by atoms with E-state index in [-0.39, 0.29) is 23.4 Å². The molecule has 0 saturated heterocycles. The normalized spacial score (nSPS) is 13.6. The number of ether oxygens (including phenoxy) is 2. The third-order valence-electron chi connectivity index (χ3n) is 5.38. The predicted octanol–water partition coefficient (Wildman–Crippen LogP) is 3.94. The maximum Gasteiger partial charge on any atom is 0.389 e. The second-order valence-electron chi connectivity index (χ2n) is 7.63. The van der Waals surface area contributed by atoms with Gasteiger partial charge >= 0.3 is 6.18 Å². The van der Waals surface area contributed by atoms with E-state index in [0.29, 0.717) is 43.0 Å². The van der Waals surface area contributed by atoms with Gasteiger partial charge in [0, 0.05) is 44.5 Å². The Morgan fingerprint density at radius 2 is 1.97 bits per heavy atom. The van der Waals surface area contributed by atoms with Crippen molar-refractivity contribution in [3.8, 4) is 11.5 Å². The fourth-order valence-corrected chi connectivity index (χ4v) is 3.75. The number of carbonyl (C=O) groups is 1. The molecule has 2 aromatic carbocycles. The number of rotatable bonds is 7. The van der Waals surface area contributed by atoms with Crippen LogP contribution in [-0.4, -0.2) is 52.6 Å². The van der Waals surface area contributed by atoms with Crippen molar-refractivity contribution < 1.29 is 32.5 Å². The van der Waals surface area contributed by atoms with Crippen molar-refractivity contribution in [2.24, 2.45) is 0 Å². The van der Waals surface area contributed by atoms with Crippen LogP contribution < -0.4 is 4.74 Å². The van der Waals surface area contributed by atoms with Crippen molar-refractivity contribution in [3.63, 3.8) is 0 Å². The van der Waals surface area contributed by atoms with Gasteiger partial charge in [-0.1, -0.05) is 6.07 Å². The zero-order valence-electron chi connectivity index (χ0n) is 17.3. The van der Waals surface area contributed by atoms with Crippen LogP contribution in [0, 0.1) is 0 Å². The first kappa shape index (κ1) is 21.9. The number of methoxy groups -OCH3 is 1. The van der Waals surface area contributed by atoms with Crippen molar-refractivity contribution in [1.82, 2.24) is 15.1 Å². The molecule has 1 aliphatic heterocycles. The van der Waals surface area contributed by atoms with E-state index in [1.54, 1.807) is 12.0 Å². The number of nitrogens with zero attached hydrogens (tertiary/aromatic N) is 2. The van der Waals surface area contributed by atoms with Crippen LogP contribution in [0.1, 0.15) is 33.6 Å². The zero-order valence-corrected chi connectivity index (χ0v) is 17.3. The number of halogens is 3. The van der Waals surface area contributed by atoms with E-state index in [0.717, 1.165) is 11.1 Å². The summed E-state index contributed by atoms with van der Waals surface area (Å²) < 4.78 is 48.4. The monoisotopic (exact) mass is 449 g/mol. The van der Waals surface area contributed by atoms with E-state index in [4.69, 9.17) is 9.47 Å². The summed E-state index contributed by atoms with van der Waals surface area (Å²) in [6, 6.07) is 8.30. The van der Waals surface area contributed by atoms with Gasteiger partial charge in [-0.15, -0.1) is 0 Å². The summed E-state index contributed by atoms with van der Waals surface area (Å²) >= 11 is 0. The third-order valence-corrected chi connectivity index (χ3v) is 5.38. The van der Waals surface area contributed by atoms with E-state index in [9.17, 15) is 23.1 Å². The van der Waals surface area contributed by atoms with Crippen LogP contribution in [0.2, 0.25) is 0 Å². The van der Waals surface area contributed by atoms with Crippen LogP contribution in [0.5, 0.6) is 11.5 Å². The lowest BCUT2D eigenvalue weighted by atomic mass is 10.1. The number of aromatic hydroxyl groups is 1. The van der Waals surface area contributed by atoms with Crippen LogP contribution in [0.15, 0.2) is 30.3 Å². The highest BCUT2D eigenvalue weighted by molar-refractivity contribution is 6.01. The molecule has 0 atom stereocenters. The van der Waals surface area contributed by atoms with Crippen LogP contribution >= 0.6 is 0 Å². The maximum absolute atomic E-state index is 13.1. The van der Waals surface area contributed by atoms with Crippen molar-refractivity contribution in [1.29, 1.82) is 0 Å². The number of H-pyrrole nitrogens is 1. The molecule has 0 bridgehead atoms. The number of hydrogen-bond donors (Lipinski definition) is 2. The first-order chi connectivity index (χ1) is 15.2. The quantitative estimate of drug-likeness (QED) is 0.534. The number of hydrogen-bond acceptors (Lipinski definition) is 5. The lowest BCUT2D eigenvalue weighted by Gasteiger charge is -2.16. The maximum atomic E-state index is 13.1. The molecule has 3 aromatic rings. The van der Waals surface area contributed by atoms with E-state index in [2.05, 4.69) is 10.2 Å². The Bertz CT molecular complexity index is 1140. The minimum absolute atomic E-state index is 0.0246. The van der Waals surface area contributed by atoms with Crippen molar-refractivity contribution in [3.05, 3.63) is 52.7 Å². The standard InChI is InChI=1S/C22H22F3N3O4/c1-31-6-7-32-15-3-2-13-11-28(12-14(13)8-15)21(30)17-9-16-18(4-5-22(23,24)25)26-27-19(16)10-20(17)29/h2-3,8-10,29H,4-7,11-12H2,1H3,(H,26,27). The Morgan fingerprint density at radius 1 is 1.19 bits per heavy atom. The average molecular weight is 449 g/mol. The number of alkyl halides is 3. The van der Waals surface area contributed by atoms with Gasteiger partial charge in [0.15, 0.2) is 0 Å². The lowest BCUT2D eigenvalue weighted by Crippen LogP contribution is -2.25. The Hall–Kier alpha value is -3.27. The van der Waals surface area contributed by atoms with Gasteiger partial charge in [0.1, 0.15) is 18.1 Å². The second-order valence-corrected chi connectivity index (χ2v) is 7.63. The number of benzene rings is 2. The molecule has 7 nitrogen and oxygen atoms in total. The third kappa shape index (κ3) is 4.64. The smallest absolute Gasteiger partial charge is 0.389 e. The Labute approximate surface area is 181 Å². The van der Waals surface area contributed by atoms with Gasteiger partial charge in [-0.25, -0.2) is 0 Å². The highest BCUT2D eigenvalue weighted by Crippen LogP contribution is 2.32. The minimum atomic E-state index is -4.31. The van der Waals surface area contributed by atoms with Gasteiger partial charge in [0.05, 0.1) is 23.4 Å². The molecular formula is C22H22F3N3O4. The van der Waals surface area contributed by atoms with E-state index in [1.807, 2.05) is 18.2 Å². The van der Waals surface area contributed by atoms with Crippen LogP contribution in [0.3, 0.4) is 0 Å². The molecule has 0 spiro atoms. The topological polar surface area (TPSA) is 87.7 Å². The SMILES string of the molecule is COCCOc1ccc2c(c1)CN(C(=O)c1cc3c(CCC(F)(F)F)n[nH]c3cc1O)C2. The fourth-order valence-electron chi connectivity index (χ4n) is 3.75. The molecule has 0 radical (unpaired) electrons. The highest BCUT2D eigenvalue weighted by Gasteiger charge is 2.29. The molecule has 1 amide bonds. The summed E-state index contributed by atoms with van der Waals surface area (Å²) in [5.74, 6) is 0.00515. The molecular weight excluding hydrogens is 427 g/mol. The lowest BCUT2D eigenvalue weighted by molar-refractivity contribution is -0.134. The van der Waals surface area contributed by atoms with Gasteiger partial charge < -0.3 is 19.5 Å². The first-order valence-electron chi connectivity index (χ1n) is 10.0. The molecule has 0 saturated carbocycles. The van der Waals surface area contributed by atoms with Crippen molar-refractivity contribution in [2.75, 3.05) is 20.3 Å². The molecule has 1 aromatic heterocycles. The number of phenolic OH excluding ortho intramolecular Hbond substituents is 1. The Morgan fingerprint density at radius 3 is 2.72 bits per heavy atom. The van der Waals surface area contributed by atoms with Crippen LogP contribution in [0.4, 0.5) is 13.2 Å². The van der Waals surface area contributed by atoms with Crippen molar-refractivity contribution in [2.45, 2.75) is 32.1 Å². The summed E-state index contributed by atoms with van der Waals surface area (Å²) in [6.07, 6.45) is -5.65. The fraction of sp³-hybridized carbons (Fsp3) is 0.364. The minimum Gasteiger partial charge on any atom is -0.507 e. The van der Waals surface area contributed by atoms with Gasteiger partial charge in [0.2, 0.25) is 0 Å². The average Bonchev–Trinajstić information content (AvgIpc) is 3.34. The molecule has 0 unspecified atom stereocenters. The summed E-state index contributed by atoms with van der Waals surface area (Å²) in [7, 11) is 1.59. The number of aromatic amines is 1. The molecule has 32 heavy (non-hydrogen) atoms. The number of fused-ring (bicyclic) bond motifs is 2. The largest absolute Gasteiger partial charge is 0.507 e. The number of aromatic nitrogens is 2. The number of amides is 1. The number of aryl methyl sites for hydroxylation is 1. The van der Waals surface area contributed by atoms with Gasteiger partial charge in [0.25, 0.3) is 5.91 Å². The van der Waals surface area contributed by atoms with Gasteiger partial charge in [-0.05, 0) is 29.3 Å².